The number of ether oxygens (including phenoxy) is 1. The molecule has 7 nitrogen and oxygen atoms in total. The zero-order chi connectivity index (χ0) is 13.0. The zero-order valence-electron chi connectivity index (χ0n) is 10.3. The van der Waals surface area contributed by atoms with E-state index in [9.17, 15) is 10.1 Å². The Morgan fingerprint density at radius 1 is 1.50 bits per heavy atom. The van der Waals surface area contributed by atoms with Crippen molar-refractivity contribution in [1.82, 2.24) is 9.97 Å². The fourth-order valence-electron chi connectivity index (χ4n) is 2.07. The van der Waals surface area contributed by atoms with Crippen LogP contribution >= 0.6 is 0 Å². The van der Waals surface area contributed by atoms with E-state index in [4.69, 9.17) is 4.74 Å². The second-order valence-corrected chi connectivity index (χ2v) is 4.19. The molecule has 18 heavy (non-hydrogen) atoms. The van der Waals surface area contributed by atoms with Crippen LogP contribution in [0.2, 0.25) is 0 Å². The number of anilines is 1. The molecule has 0 spiro atoms. The van der Waals surface area contributed by atoms with Gasteiger partial charge in [-0.15, -0.1) is 0 Å². The van der Waals surface area contributed by atoms with Gasteiger partial charge in [-0.1, -0.05) is 0 Å². The maximum Gasteiger partial charge on any atom is 0.372 e. The first-order valence-corrected chi connectivity index (χ1v) is 6.12. The third kappa shape index (κ3) is 2.66. The van der Waals surface area contributed by atoms with Crippen molar-refractivity contribution in [3.05, 3.63) is 16.4 Å². The maximum absolute atomic E-state index is 11.1. The molecule has 1 aromatic rings. The molecular formula is C11H16N4O3. The number of hydrogen-bond donors (Lipinski definition) is 1. The molecule has 7 heteroatoms. The standard InChI is InChI=1S/C11H16N4O3/c1-2-12-10-9(15(16)17)11(14-7-13-10)18-8-5-3-4-6-8/h7-8H,2-6H2,1H3,(H,12,13,14). The van der Waals surface area contributed by atoms with Crippen LogP contribution in [-0.2, 0) is 0 Å². The van der Waals surface area contributed by atoms with Crippen molar-refractivity contribution in [2.45, 2.75) is 38.7 Å². The van der Waals surface area contributed by atoms with Crippen LogP contribution in [0.1, 0.15) is 32.6 Å². The lowest BCUT2D eigenvalue weighted by atomic mass is 10.3. The van der Waals surface area contributed by atoms with Gasteiger partial charge in [-0.3, -0.25) is 10.1 Å². The largest absolute Gasteiger partial charge is 0.469 e. The summed E-state index contributed by atoms with van der Waals surface area (Å²) in [5.41, 5.74) is -0.175. The highest BCUT2D eigenvalue weighted by Gasteiger charge is 2.27. The van der Waals surface area contributed by atoms with E-state index in [0.29, 0.717) is 6.54 Å². The van der Waals surface area contributed by atoms with Gasteiger partial charge in [0.25, 0.3) is 5.88 Å². The van der Waals surface area contributed by atoms with E-state index < -0.39 is 4.92 Å². The minimum atomic E-state index is -0.498. The van der Waals surface area contributed by atoms with Crippen molar-refractivity contribution < 1.29 is 9.66 Å². The van der Waals surface area contributed by atoms with Crippen LogP contribution < -0.4 is 10.1 Å². The first kappa shape index (κ1) is 12.5. The van der Waals surface area contributed by atoms with Gasteiger partial charge in [0.2, 0.25) is 5.82 Å². The third-order valence-corrected chi connectivity index (χ3v) is 2.90. The Bertz CT molecular complexity index is 432. The Balaban J connectivity index is 2.26. The van der Waals surface area contributed by atoms with E-state index in [2.05, 4.69) is 15.3 Å². The average molecular weight is 252 g/mol. The number of hydrogen-bond acceptors (Lipinski definition) is 6. The van der Waals surface area contributed by atoms with Gasteiger partial charge in [0.1, 0.15) is 12.4 Å². The molecule has 0 aromatic carbocycles. The predicted molar refractivity (Wildman–Crippen MR) is 65.7 cm³/mol. The molecule has 0 amide bonds. The van der Waals surface area contributed by atoms with Gasteiger partial charge in [0.15, 0.2) is 0 Å². The van der Waals surface area contributed by atoms with E-state index in [0.717, 1.165) is 25.7 Å². The molecule has 1 saturated carbocycles. The molecule has 1 aliphatic carbocycles. The summed E-state index contributed by atoms with van der Waals surface area (Å²) in [6, 6.07) is 0. The summed E-state index contributed by atoms with van der Waals surface area (Å²) >= 11 is 0. The van der Waals surface area contributed by atoms with Crippen molar-refractivity contribution in [1.29, 1.82) is 0 Å². The lowest BCUT2D eigenvalue weighted by molar-refractivity contribution is -0.385. The summed E-state index contributed by atoms with van der Waals surface area (Å²) in [5, 5.41) is 13.9. The minimum Gasteiger partial charge on any atom is -0.469 e. The molecule has 0 unspecified atom stereocenters. The molecule has 0 bridgehead atoms. The molecule has 98 valence electrons. The van der Waals surface area contributed by atoms with Gasteiger partial charge in [0, 0.05) is 6.54 Å². The quantitative estimate of drug-likeness (QED) is 0.637. The Hall–Kier alpha value is -1.92. The number of aromatic nitrogens is 2. The Morgan fingerprint density at radius 2 is 2.22 bits per heavy atom. The Morgan fingerprint density at radius 3 is 2.83 bits per heavy atom. The van der Waals surface area contributed by atoms with Crippen LogP contribution in [0, 0.1) is 10.1 Å². The monoisotopic (exact) mass is 252 g/mol. The number of nitrogens with zero attached hydrogens (tertiary/aromatic N) is 3. The summed E-state index contributed by atoms with van der Waals surface area (Å²) < 4.78 is 5.62. The van der Waals surface area contributed by atoms with Crippen LogP contribution in [0.3, 0.4) is 0 Å². The highest BCUT2D eigenvalue weighted by Crippen LogP contribution is 2.33. The first-order valence-electron chi connectivity index (χ1n) is 6.12. The highest BCUT2D eigenvalue weighted by molar-refractivity contribution is 5.61. The topological polar surface area (TPSA) is 90.2 Å². The molecule has 1 heterocycles. The first-order chi connectivity index (χ1) is 8.72. The molecule has 1 fully saturated rings. The van der Waals surface area contributed by atoms with Gasteiger partial charge in [-0.25, -0.2) is 4.98 Å². The Kier molecular flexibility index (Phi) is 3.91. The normalized spacial score (nSPS) is 15.6. The van der Waals surface area contributed by atoms with E-state index in [1.807, 2.05) is 6.92 Å². The highest BCUT2D eigenvalue weighted by atomic mass is 16.6. The average Bonchev–Trinajstić information content (AvgIpc) is 2.82. The van der Waals surface area contributed by atoms with Gasteiger partial charge in [-0.2, -0.15) is 4.98 Å². The van der Waals surface area contributed by atoms with Crippen molar-refractivity contribution >= 4 is 11.5 Å². The maximum atomic E-state index is 11.1. The van der Waals surface area contributed by atoms with Crippen LogP contribution in [0.15, 0.2) is 6.33 Å². The fourth-order valence-corrected chi connectivity index (χ4v) is 2.07. The van der Waals surface area contributed by atoms with E-state index in [1.54, 1.807) is 0 Å². The van der Waals surface area contributed by atoms with Crippen molar-refractivity contribution in [3.63, 3.8) is 0 Å². The second kappa shape index (κ2) is 5.61. The lowest BCUT2D eigenvalue weighted by Crippen LogP contribution is -2.14. The van der Waals surface area contributed by atoms with E-state index in [1.165, 1.54) is 6.33 Å². The van der Waals surface area contributed by atoms with Gasteiger partial charge < -0.3 is 10.1 Å². The summed E-state index contributed by atoms with van der Waals surface area (Å²) in [7, 11) is 0. The molecular weight excluding hydrogens is 236 g/mol. The second-order valence-electron chi connectivity index (χ2n) is 4.19. The SMILES string of the molecule is CCNc1ncnc(OC2CCCC2)c1[N+](=O)[O-]. The number of nitro groups is 1. The van der Waals surface area contributed by atoms with Gasteiger partial charge >= 0.3 is 5.69 Å². The predicted octanol–water partition coefficient (Wildman–Crippen LogP) is 2.14. The smallest absolute Gasteiger partial charge is 0.372 e. The molecule has 0 aliphatic heterocycles. The molecule has 0 saturated heterocycles. The molecule has 1 aliphatic rings. The molecule has 2 rings (SSSR count). The van der Waals surface area contributed by atoms with Crippen LogP contribution in [0.25, 0.3) is 0 Å². The van der Waals surface area contributed by atoms with Gasteiger partial charge in [0.05, 0.1) is 4.92 Å². The number of rotatable bonds is 5. The van der Waals surface area contributed by atoms with Gasteiger partial charge in [-0.05, 0) is 32.6 Å². The van der Waals surface area contributed by atoms with Crippen molar-refractivity contribution in [2.24, 2.45) is 0 Å². The van der Waals surface area contributed by atoms with Crippen molar-refractivity contribution in [2.75, 3.05) is 11.9 Å². The zero-order valence-corrected chi connectivity index (χ0v) is 10.3. The van der Waals surface area contributed by atoms with Crippen molar-refractivity contribution in [3.8, 4) is 5.88 Å². The molecule has 1 aromatic heterocycles. The summed E-state index contributed by atoms with van der Waals surface area (Å²) in [6.07, 6.45) is 5.38. The number of nitrogens with one attached hydrogen (secondary N) is 1. The lowest BCUT2D eigenvalue weighted by Gasteiger charge is -2.12. The summed E-state index contributed by atoms with van der Waals surface area (Å²) in [5.74, 6) is 0.281. The molecule has 1 N–H and O–H groups in total. The molecule has 0 atom stereocenters. The third-order valence-electron chi connectivity index (χ3n) is 2.90. The van der Waals surface area contributed by atoms with E-state index >= 15 is 0 Å². The summed E-state index contributed by atoms with van der Waals surface area (Å²) in [6.45, 7) is 2.41. The summed E-state index contributed by atoms with van der Waals surface area (Å²) in [4.78, 5) is 18.4. The minimum absolute atomic E-state index is 0.0353. The van der Waals surface area contributed by atoms with E-state index in [-0.39, 0.29) is 23.5 Å². The molecule has 0 radical (unpaired) electrons. The van der Waals surface area contributed by atoms with Crippen LogP contribution in [-0.4, -0.2) is 27.5 Å². The van der Waals surface area contributed by atoms with Crippen LogP contribution in [0.5, 0.6) is 5.88 Å². The van der Waals surface area contributed by atoms with Crippen LogP contribution in [0.4, 0.5) is 11.5 Å². The Labute approximate surface area is 105 Å². The fraction of sp³-hybridized carbons (Fsp3) is 0.636.